The Kier molecular flexibility index (Phi) is 3.48. The van der Waals surface area contributed by atoms with Gasteiger partial charge < -0.3 is 10.5 Å². The molecule has 2 aliphatic rings. The maximum atomic E-state index is 6.04. The second-order valence-corrected chi connectivity index (χ2v) is 5.42. The second-order valence-electron chi connectivity index (χ2n) is 5.42. The predicted octanol–water partition coefficient (Wildman–Crippen LogP) is 3.13. The fraction of sp³-hybridized carbons (Fsp3) is 0.500. The molecule has 0 aromatic heterocycles. The number of rotatable bonds is 1. The van der Waals surface area contributed by atoms with Crippen LogP contribution >= 0.6 is 0 Å². The fourth-order valence-electron chi connectivity index (χ4n) is 3.06. The summed E-state index contributed by atoms with van der Waals surface area (Å²) in [7, 11) is 0. The monoisotopic (exact) mass is 243 g/mol. The highest BCUT2D eigenvalue weighted by Gasteiger charge is 2.20. The van der Waals surface area contributed by atoms with E-state index in [4.69, 9.17) is 10.5 Å². The van der Waals surface area contributed by atoms with Crippen LogP contribution in [0.1, 0.15) is 42.9 Å². The minimum absolute atomic E-state index is 0.148. The molecule has 0 amide bonds. The first kappa shape index (κ1) is 11.9. The maximum absolute atomic E-state index is 6.04. The summed E-state index contributed by atoms with van der Waals surface area (Å²) in [6, 6.07) is 8.98. The molecule has 0 bridgehead atoms. The Bertz CT molecular complexity index is 452. The van der Waals surface area contributed by atoms with E-state index in [9.17, 15) is 0 Å². The normalized spacial score (nSPS) is 30.2. The number of nitrogens with two attached hydrogens (primary N) is 1. The van der Waals surface area contributed by atoms with Crippen LogP contribution in [-0.4, -0.2) is 12.6 Å². The molecular formula is C16H21NO. The predicted molar refractivity (Wildman–Crippen MR) is 73.4 cm³/mol. The molecule has 1 aliphatic heterocycles. The van der Waals surface area contributed by atoms with Gasteiger partial charge in [0.1, 0.15) is 6.10 Å². The molecule has 1 heterocycles. The zero-order valence-electron chi connectivity index (χ0n) is 10.8. The Labute approximate surface area is 109 Å². The zero-order chi connectivity index (χ0) is 12.4. The molecule has 1 fully saturated rings. The van der Waals surface area contributed by atoms with Crippen LogP contribution in [0.15, 0.2) is 35.9 Å². The first-order valence-corrected chi connectivity index (χ1v) is 6.97. The zero-order valence-corrected chi connectivity index (χ0v) is 10.8. The van der Waals surface area contributed by atoms with Gasteiger partial charge in [-0.15, -0.1) is 0 Å². The van der Waals surface area contributed by atoms with E-state index in [1.165, 1.54) is 36.0 Å². The molecule has 2 nitrogen and oxygen atoms in total. The first-order valence-electron chi connectivity index (χ1n) is 6.97. The van der Waals surface area contributed by atoms with Crippen molar-refractivity contribution >= 4 is 0 Å². The van der Waals surface area contributed by atoms with Crippen molar-refractivity contribution in [1.82, 2.24) is 0 Å². The Morgan fingerprint density at radius 2 is 2.11 bits per heavy atom. The van der Waals surface area contributed by atoms with Gasteiger partial charge in [-0.3, -0.25) is 0 Å². The standard InChI is InChI=1S/C16H21NO/c17-14-6-3-4-12(10-14)11-16-15-7-2-1-5-13(15)8-9-18-16/h1-2,5,7,11,14,16H,3-4,6,8-10,17H2/b12-11-. The average molecular weight is 243 g/mol. The van der Waals surface area contributed by atoms with Gasteiger partial charge in [-0.05, 0) is 43.2 Å². The first-order chi connectivity index (χ1) is 8.83. The third-order valence-electron chi connectivity index (χ3n) is 4.01. The lowest BCUT2D eigenvalue weighted by Crippen LogP contribution is -2.24. The van der Waals surface area contributed by atoms with Gasteiger partial charge in [0.15, 0.2) is 0 Å². The van der Waals surface area contributed by atoms with Crippen LogP contribution in [0.5, 0.6) is 0 Å². The van der Waals surface area contributed by atoms with Crippen molar-refractivity contribution in [2.75, 3.05) is 6.61 Å². The quantitative estimate of drug-likeness (QED) is 0.769. The van der Waals surface area contributed by atoms with E-state index in [1.54, 1.807) is 0 Å². The minimum Gasteiger partial charge on any atom is -0.369 e. The van der Waals surface area contributed by atoms with Crippen molar-refractivity contribution in [3.63, 3.8) is 0 Å². The van der Waals surface area contributed by atoms with E-state index in [-0.39, 0.29) is 6.10 Å². The molecule has 2 heteroatoms. The molecule has 3 rings (SSSR count). The van der Waals surface area contributed by atoms with Crippen LogP contribution < -0.4 is 5.73 Å². The van der Waals surface area contributed by atoms with Gasteiger partial charge >= 0.3 is 0 Å². The summed E-state index contributed by atoms with van der Waals surface area (Å²) in [5.41, 5.74) is 10.3. The van der Waals surface area contributed by atoms with Gasteiger partial charge in [-0.2, -0.15) is 0 Å². The Balaban J connectivity index is 1.83. The van der Waals surface area contributed by atoms with Crippen LogP contribution in [0.4, 0.5) is 0 Å². The molecule has 1 aromatic rings. The molecule has 2 atom stereocenters. The van der Waals surface area contributed by atoms with Crippen molar-refractivity contribution in [3.05, 3.63) is 47.0 Å². The number of hydrogen-bond acceptors (Lipinski definition) is 2. The van der Waals surface area contributed by atoms with Crippen LogP contribution in [0.25, 0.3) is 0 Å². The Hall–Kier alpha value is -1.12. The second kappa shape index (κ2) is 5.25. The lowest BCUT2D eigenvalue weighted by atomic mass is 9.88. The van der Waals surface area contributed by atoms with Crippen LogP contribution in [0.3, 0.4) is 0 Å². The summed E-state index contributed by atoms with van der Waals surface area (Å²) in [6.45, 7) is 0.831. The smallest absolute Gasteiger partial charge is 0.101 e. The number of fused-ring (bicyclic) bond motifs is 1. The highest BCUT2D eigenvalue weighted by Crippen LogP contribution is 2.32. The molecular weight excluding hydrogens is 222 g/mol. The fourth-order valence-corrected chi connectivity index (χ4v) is 3.06. The molecule has 18 heavy (non-hydrogen) atoms. The van der Waals surface area contributed by atoms with Crippen molar-refractivity contribution in [2.45, 2.75) is 44.2 Å². The molecule has 0 radical (unpaired) electrons. The lowest BCUT2D eigenvalue weighted by molar-refractivity contribution is 0.0740. The van der Waals surface area contributed by atoms with Crippen molar-refractivity contribution < 1.29 is 4.74 Å². The summed E-state index contributed by atoms with van der Waals surface area (Å²) < 4.78 is 5.93. The van der Waals surface area contributed by atoms with E-state index in [1.807, 2.05) is 0 Å². The third kappa shape index (κ3) is 2.50. The van der Waals surface area contributed by atoms with Crippen LogP contribution in [0.2, 0.25) is 0 Å². The summed E-state index contributed by atoms with van der Waals surface area (Å²) in [4.78, 5) is 0. The molecule has 1 aliphatic carbocycles. The van der Waals surface area contributed by atoms with E-state index in [2.05, 4.69) is 30.3 Å². The largest absolute Gasteiger partial charge is 0.369 e. The average Bonchev–Trinajstić information content (AvgIpc) is 2.39. The summed E-state index contributed by atoms with van der Waals surface area (Å²) in [5, 5.41) is 0. The van der Waals surface area contributed by atoms with E-state index < -0.39 is 0 Å². The Morgan fingerprint density at radius 3 is 3.00 bits per heavy atom. The minimum atomic E-state index is 0.148. The van der Waals surface area contributed by atoms with Crippen molar-refractivity contribution in [1.29, 1.82) is 0 Å². The van der Waals surface area contributed by atoms with Crippen LogP contribution in [-0.2, 0) is 11.2 Å². The SMILES string of the molecule is NC1CCC/C(=C/C2OCCc3ccccc32)C1. The molecule has 2 N–H and O–H groups in total. The molecule has 96 valence electrons. The molecule has 2 unspecified atom stereocenters. The van der Waals surface area contributed by atoms with Gasteiger partial charge in [0.25, 0.3) is 0 Å². The molecule has 0 saturated heterocycles. The van der Waals surface area contributed by atoms with Gasteiger partial charge in [0.05, 0.1) is 6.61 Å². The van der Waals surface area contributed by atoms with Gasteiger partial charge in [-0.25, -0.2) is 0 Å². The summed E-state index contributed by atoms with van der Waals surface area (Å²) in [5.74, 6) is 0. The molecule has 1 aromatic carbocycles. The van der Waals surface area contributed by atoms with Gasteiger partial charge in [-0.1, -0.05) is 35.9 Å². The van der Waals surface area contributed by atoms with Crippen molar-refractivity contribution in [3.8, 4) is 0 Å². The van der Waals surface area contributed by atoms with E-state index in [0.717, 1.165) is 19.4 Å². The Morgan fingerprint density at radius 1 is 1.22 bits per heavy atom. The number of hydrogen-bond donors (Lipinski definition) is 1. The highest BCUT2D eigenvalue weighted by molar-refractivity contribution is 5.34. The summed E-state index contributed by atoms with van der Waals surface area (Å²) in [6.07, 6.45) is 8.13. The topological polar surface area (TPSA) is 35.2 Å². The van der Waals surface area contributed by atoms with Gasteiger partial charge in [0.2, 0.25) is 0 Å². The van der Waals surface area contributed by atoms with Crippen molar-refractivity contribution in [2.24, 2.45) is 5.73 Å². The molecule has 1 saturated carbocycles. The maximum Gasteiger partial charge on any atom is 0.101 e. The summed E-state index contributed by atoms with van der Waals surface area (Å²) >= 11 is 0. The highest BCUT2D eigenvalue weighted by atomic mass is 16.5. The van der Waals surface area contributed by atoms with Gasteiger partial charge in [0, 0.05) is 6.04 Å². The van der Waals surface area contributed by atoms with E-state index in [0.29, 0.717) is 6.04 Å². The molecule has 0 spiro atoms. The number of ether oxygens (including phenoxy) is 1. The third-order valence-corrected chi connectivity index (χ3v) is 4.01. The van der Waals surface area contributed by atoms with E-state index >= 15 is 0 Å². The lowest BCUT2D eigenvalue weighted by Gasteiger charge is -2.27. The number of benzene rings is 1. The van der Waals surface area contributed by atoms with Crippen LogP contribution in [0, 0.1) is 0 Å².